The Hall–Kier alpha value is -1.02. The van der Waals surface area contributed by atoms with E-state index in [1.807, 2.05) is 14.1 Å². The van der Waals surface area contributed by atoms with E-state index < -0.39 is 0 Å². The summed E-state index contributed by atoms with van der Waals surface area (Å²) in [5.41, 5.74) is 3.28. The molecule has 0 spiro atoms. The van der Waals surface area contributed by atoms with Gasteiger partial charge in [0.15, 0.2) is 0 Å². The Bertz CT molecular complexity index is 343. The Morgan fingerprint density at radius 3 is 2.33 bits per heavy atom. The summed E-state index contributed by atoms with van der Waals surface area (Å²) in [4.78, 5) is 2.07. The first kappa shape index (κ1) is 12.1. The average Bonchev–Trinajstić information content (AvgIpc) is 2.09. The van der Waals surface area contributed by atoms with Crippen molar-refractivity contribution in [1.29, 1.82) is 0 Å². The minimum Gasteiger partial charge on any atom is -0.507 e. The van der Waals surface area contributed by atoms with Crippen molar-refractivity contribution in [2.24, 2.45) is 0 Å². The lowest BCUT2D eigenvalue weighted by Gasteiger charge is -2.16. The van der Waals surface area contributed by atoms with E-state index in [0.717, 1.165) is 17.7 Å². The summed E-state index contributed by atoms with van der Waals surface area (Å²) in [6.45, 7) is 7.07. The Labute approximate surface area is 92.5 Å². The second-order valence-corrected chi connectivity index (χ2v) is 4.75. The van der Waals surface area contributed by atoms with Crippen LogP contribution in [0.1, 0.15) is 36.5 Å². The zero-order valence-corrected chi connectivity index (χ0v) is 10.3. The molecule has 0 saturated heterocycles. The second kappa shape index (κ2) is 4.67. The molecular formula is C13H21NO. The van der Waals surface area contributed by atoms with Gasteiger partial charge in [0, 0.05) is 12.1 Å². The van der Waals surface area contributed by atoms with Gasteiger partial charge in [-0.2, -0.15) is 0 Å². The molecule has 84 valence electrons. The Morgan fingerprint density at radius 2 is 1.87 bits per heavy atom. The number of aryl methyl sites for hydroxylation is 1. The number of benzene rings is 1. The lowest BCUT2D eigenvalue weighted by Crippen LogP contribution is -2.11. The number of phenolic OH excluding ortho intramolecular Hbond substituents is 1. The smallest absolute Gasteiger partial charge is 0.123 e. The maximum atomic E-state index is 10.1. The van der Waals surface area contributed by atoms with Crippen LogP contribution in [-0.4, -0.2) is 24.1 Å². The Balaban J connectivity index is 3.16. The van der Waals surface area contributed by atoms with Crippen molar-refractivity contribution in [2.45, 2.75) is 33.2 Å². The molecule has 0 aliphatic heterocycles. The van der Waals surface area contributed by atoms with Crippen molar-refractivity contribution in [3.05, 3.63) is 28.8 Å². The molecule has 0 aliphatic carbocycles. The van der Waals surface area contributed by atoms with E-state index in [4.69, 9.17) is 0 Å². The monoisotopic (exact) mass is 207 g/mol. The Morgan fingerprint density at radius 1 is 1.27 bits per heavy atom. The predicted molar refractivity (Wildman–Crippen MR) is 64.3 cm³/mol. The van der Waals surface area contributed by atoms with E-state index in [-0.39, 0.29) is 0 Å². The largest absolute Gasteiger partial charge is 0.507 e. The number of nitrogens with zero attached hydrogens (tertiary/aromatic N) is 1. The first-order valence-electron chi connectivity index (χ1n) is 5.39. The lowest BCUT2D eigenvalue weighted by atomic mass is 9.96. The first-order chi connectivity index (χ1) is 6.91. The van der Waals surface area contributed by atoms with Gasteiger partial charge in [-0.15, -0.1) is 0 Å². The van der Waals surface area contributed by atoms with Crippen molar-refractivity contribution < 1.29 is 5.11 Å². The fourth-order valence-corrected chi connectivity index (χ4v) is 1.79. The molecule has 1 N–H and O–H groups in total. The molecule has 0 unspecified atom stereocenters. The second-order valence-electron chi connectivity index (χ2n) is 4.75. The molecule has 2 nitrogen and oxygen atoms in total. The third-order valence-electron chi connectivity index (χ3n) is 2.47. The van der Waals surface area contributed by atoms with E-state index in [2.05, 4.69) is 37.8 Å². The molecule has 0 aliphatic rings. The molecule has 0 bridgehead atoms. The van der Waals surface area contributed by atoms with Crippen LogP contribution in [0.4, 0.5) is 0 Å². The summed E-state index contributed by atoms with van der Waals surface area (Å²) < 4.78 is 0. The summed E-state index contributed by atoms with van der Waals surface area (Å²) in [5, 5.41) is 10.1. The van der Waals surface area contributed by atoms with Crippen LogP contribution in [0.2, 0.25) is 0 Å². The number of hydrogen-bond donors (Lipinski definition) is 1. The highest BCUT2D eigenvalue weighted by atomic mass is 16.3. The summed E-state index contributed by atoms with van der Waals surface area (Å²) >= 11 is 0. The highest BCUT2D eigenvalue weighted by molar-refractivity contribution is 5.44. The third-order valence-corrected chi connectivity index (χ3v) is 2.47. The number of hydrogen-bond acceptors (Lipinski definition) is 2. The summed E-state index contributed by atoms with van der Waals surface area (Å²) in [6, 6.07) is 4.13. The highest BCUT2D eigenvalue weighted by Crippen LogP contribution is 2.30. The van der Waals surface area contributed by atoms with Crippen LogP contribution < -0.4 is 0 Å². The molecule has 0 aromatic heterocycles. The lowest BCUT2D eigenvalue weighted by molar-refractivity contribution is 0.383. The number of aromatic hydroxyl groups is 1. The molecule has 0 heterocycles. The van der Waals surface area contributed by atoms with Gasteiger partial charge >= 0.3 is 0 Å². The van der Waals surface area contributed by atoms with E-state index in [9.17, 15) is 5.11 Å². The highest BCUT2D eigenvalue weighted by Gasteiger charge is 2.11. The van der Waals surface area contributed by atoms with Gasteiger partial charge in [0.25, 0.3) is 0 Å². The zero-order chi connectivity index (χ0) is 11.6. The van der Waals surface area contributed by atoms with Crippen molar-refractivity contribution in [3.8, 4) is 5.75 Å². The molecule has 1 aromatic rings. The van der Waals surface area contributed by atoms with Crippen LogP contribution in [0.5, 0.6) is 5.75 Å². The minimum atomic E-state index is 0.366. The normalized spacial score (nSPS) is 11.4. The zero-order valence-electron chi connectivity index (χ0n) is 10.3. The van der Waals surface area contributed by atoms with Gasteiger partial charge in [0.2, 0.25) is 0 Å². The first-order valence-corrected chi connectivity index (χ1v) is 5.39. The maximum absolute atomic E-state index is 10.1. The molecule has 0 fully saturated rings. The summed E-state index contributed by atoms with van der Waals surface area (Å²) in [6.07, 6.45) is 0. The van der Waals surface area contributed by atoms with Crippen molar-refractivity contribution >= 4 is 0 Å². The summed E-state index contributed by atoms with van der Waals surface area (Å²) in [5.74, 6) is 0.829. The fourth-order valence-electron chi connectivity index (χ4n) is 1.79. The molecule has 0 atom stereocenters. The maximum Gasteiger partial charge on any atom is 0.123 e. The van der Waals surface area contributed by atoms with Gasteiger partial charge in [-0.25, -0.2) is 0 Å². The van der Waals surface area contributed by atoms with Gasteiger partial charge in [0.05, 0.1) is 0 Å². The van der Waals surface area contributed by atoms with Gasteiger partial charge < -0.3 is 10.0 Å². The van der Waals surface area contributed by atoms with Crippen LogP contribution in [0.25, 0.3) is 0 Å². The van der Waals surface area contributed by atoms with Gasteiger partial charge in [-0.1, -0.05) is 31.5 Å². The predicted octanol–water partition coefficient (Wildman–Crippen LogP) is 2.89. The van der Waals surface area contributed by atoms with Crippen LogP contribution >= 0.6 is 0 Å². The van der Waals surface area contributed by atoms with Crippen molar-refractivity contribution in [3.63, 3.8) is 0 Å². The number of phenols is 1. The quantitative estimate of drug-likeness (QED) is 0.823. The topological polar surface area (TPSA) is 23.5 Å². The minimum absolute atomic E-state index is 0.366. The Kier molecular flexibility index (Phi) is 3.75. The van der Waals surface area contributed by atoms with Crippen molar-refractivity contribution in [2.75, 3.05) is 14.1 Å². The molecule has 0 amide bonds. The molecule has 1 rings (SSSR count). The van der Waals surface area contributed by atoms with E-state index in [1.165, 1.54) is 5.56 Å². The number of rotatable bonds is 3. The molecule has 0 saturated carbocycles. The van der Waals surface area contributed by atoms with Crippen LogP contribution in [0, 0.1) is 6.92 Å². The summed E-state index contributed by atoms with van der Waals surface area (Å²) in [7, 11) is 4.02. The third kappa shape index (κ3) is 2.96. The molecular weight excluding hydrogens is 186 g/mol. The molecule has 1 aromatic carbocycles. The van der Waals surface area contributed by atoms with Crippen LogP contribution in [0.15, 0.2) is 12.1 Å². The van der Waals surface area contributed by atoms with Gasteiger partial charge in [-0.05, 0) is 32.5 Å². The van der Waals surface area contributed by atoms with E-state index in [1.54, 1.807) is 0 Å². The van der Waals surface area contributed by atoms with Gasteiger partial charge in [0.1, 0.15) is 5.75 Å². The standard InChI is InChI=1S/C13H21NO/c1-9(2)12-7-10(3)6-11(13(12)15)8-14(4)5/h6-7,9,15H,8H2,1-5H3. The molecule has 0 radical (unpaired) electrons. The van der Waals surface area contributed by atoms with Crippen LogP contribution in [-0.2, 0) is 6.54 Å². The molecule has 15 heavy (non-hydrogen) atoms. The fraction of sp³-hybridized carbons (Fsp3) is 0.538. The SMILES string of the molecule is Cc1cc(CN(C)C)c(O)c(C(C)C)c1. The van der Waals surface area contributed by atoms with Gasteiger partial charge in [-0.3, -0.25) is 0 Å². The average molecular weight is 207 g/mol. The molecule has 2 heteroatoms. The van der Waals surface area contributed by atoms with E-state index >= 15 is 0 Å². The van der Waals surface area contributed by atoms with E-state index in [0.29, 0.717) is 11.7 Å². The van der Waals surface area contributed by atoms with Crippen molar-refractivity contribution in [1.82, 2.24) is 4.90 Å². The van der Waals surface area contributed by atoms with Crippen LogP contribution in [0.3, 0.4) is 0 Å².